The van der Waals surface area contributed by atoms with Gasteiger partial charge in [0.25, 0.3) is 0 Å². The Kier molecular flexibility index (Phi) is 4.71. The predicted molar refractivity (Wildman–Crippen MR) is 108 cm³/mol. The van der Waals surface area contributed by atoms with Crippen molar-refractivity contribution in [1.82, 2.24) is 14.9 Å². The molecule has 4 heteroatoms. The summed E-state index contributed by atoms with van der Waals surface area (Å²) in [5.74, 6) is -0.0355. The van der Waals surface area contributed by atoms with Gasteiger partial charge in [-0.05, 0) is 36.8 Å². The maximum absolute atomic E-state index is 12.8. The van der Waals surface area contributed by atoms with Crippen LogP contribution in [0.1, 0.15) is 18.7 Å². The summed E-state index contributed by atoms with van der Waals surface area (Å²) in [5.41, 5.74) is 4.04. The molecule has 4 aromatic rings. The van der Waals surface area contributed by atoms with Crippen molar-refractivity contribution in [3.63, 3.8) is 0 Å². The van der Waals surface area contributed by atoms with Crippen molar-refractivity contribution in [3.8, 4) is 11.3 Å². The molecule has 4 nitrogen and oxygen atoms in total. The molecule has 0 aliphatic carbocycles. The van der Waals surface area contributed by atoms with E-state index in [1.165, 1.54) is 0 Å². The minimum Gasteiger partial charge on any atom is -0.346 e. The van der Waals surface area contributed by atoms with Gasteiger partial charge in [-0.1, -0.05) is 54.6 Å². The Morgan fingerprint density at radius 1 is 1.00 bits per heavy atom. The van der Waals surface area contributed by atoms with Crippen LogP contribution >= 0.6 is 0 Å². The Bertz CT molecular complexity index is 1050. The van der Waals surface area contributed by atoms with Gasteiger partial charge in [-0.2, -0.15) is 0 Å². The van der Waals surface area contributed by atoms with E-state index < -0.39 is 0 Å². The lowest BCUT2D eigenvalue weighted by Gasteiger charge is -2.15. The normalized spacial score (nSPS) is 12.0. The second-order valence-electron chi connectivity index (χ2n) is 6.58. The van der Waals surface area contributed by atoms with E-state index in [0.717, 1.165) is 27.9 Å². The molecule has 0 aliphatic heterocycles. The smallest absolute Gasteiger partial charge is 0.240 e. The number of amides is 1. The number of hydrogen-bond acceptors (Lipinski definition) is 2. The number of para-hydroxylation sites is 1. The quantitative estimate of drug-likeness (QED) is 0.569. The molecule has 0 aliphatic rings. The molecule has 0 spiro atoms. The van der Waals surface area contributed by atoms with Crippen molar-refractivity contribution in [2.45, 2.75) is 19.5 Å². The summed E-state index contributed by atoms with van der Waals surface area (Å²) in [6, 6.07) is 26.0. The molecule has 0 unspecified atom stereocenters. The van der Waals surface area contributed by atoms with E-state index >= 15 is 0 Å². The van der Waals surface area contributed by atoms with Gasteiger partial charge in [0, 0.05) is 22.8 Å². The van der Waals surface area contributed by atoms with Crippen LogP contribution in [0.4, 0.5) is 0 Å². The van der Waals surface area contributed by atoms with E-state index in [1.54, 1.807) is 6.20 Å². The molecular weight excluding hydrogens is 334 g/mol. The van der Waals surface area contributed by atoms with E-state index in [0.29, 0.717) is 0 Å². The van der Waals surface area contributed by atoms with Gasteiger partial charge in [-0.15, -0.1) is 0 Å². The molecule has 0 fully saturated rings. The summed E-state index contributed by atoms with van der Waals surface area (Å²) in [4.78, 5) is 17.1. The third kappa shape index (κ3) is 3.60. The third-order valence-corrected chi connectivity index (χ3v) is 4.69. The first-order valence-corrected chi connectivity index (χ1v) is 9.06. The van der Waals surface area contributed by atoms with E-state index in [1.807, 2.05) is 55.5 Å². The third-order valence-electron chi connectivity index (χ3n) is 4.69. The molecule has 0 saturated carbocycles. The molecule has 134 valence electrons. The zero-order valence-corrected chi connectivity index (χ0v) is 15.2. The molecule has 27 heavy (non-hydrogen) atoms. The number of nitrogens with one attached hydrogen (secondary N) is 1. The molecule has 0 bridgehead atoms. The first-order chi connectivity index (χ1) is 13.2. The van der Waals surface area contributed by atoms with Gasteiger partial charge in [0.2, 0.25) is 5.91 Å². The molecular formula is C23H21N3O. The average molecular weight is 355 g/mol. The van der Waals surface area contributed by atoms with Crippen LogP contribution in [0.25, 0.3) is 22.2 Å². The Labute approximate surface area is 158 Å². The maximum atomic E-state index is 12.8. The maximum Gasteiger partial charge on any atom is 0.240 e. The van der Waals surface area contributed by atoms with E-state index in [4.69, 9.17) is 0 Å². The Hall–Kier alpha value is -3.40. The summed E-state index contributed by atoms with van der Waals surface area (Å²) in [7, 11) is 0. The van der Waals surface area contributed by atoms with Crippen LogP contribution in [-0.2, 0) is 11.3 Å². The Balaban J connectivity index is 1.64. The van der Waals surface area contributed by atoms with Gasteiger partial charge < -0.3 is 9.88 Å². The zero-order valence-electron chi connectivity index (χ0n) is 15.2. The number of pyridine rings is 1. The fourth-order valence-corrected chi connectivity index (χ4v) is 3.37. The van der Waals surface area contributed by atoms with Gasteiger partial charge in [0.15, 0.2) is 0 Å². The van der Waals surface area contributed by atoms with Crippen LogP contribution in [0.15, 0.2) is 85.1 Å². The first-order valence-electron chi connectivity index (χ1n) is 9.06. The lowest BCUT2D eigenvalue weighted by molar-refractivity contribution is -0.122. The Morgan fingerprint density at radius 2 is 1.74 bits per heavy atom. The van der Waals surface area contributed by atoms with E-state index in [9.17, 15) is 4.79 Å². The number of carbonyl (C=O) groups excluding carboxylic acids is 1. The highest BCUT2D eigenvalue weighted by Crippen LogP contribution is 2.28. The molecule has 2 heterocycles. The van der Waals surface area contributed by atoms with E-state index in [2.05, 4.69) is 45.2 Å². The van der Waals surface area contributed by atoms with Gasteiger partial charge in [-0.3, -0.25) is 9.78 Å². The van der Waals surface area contributed by atoms with Gasteiger partial charge in [-0.25, -0.2) is 0 Å². The number of benzene rings is 2. The monoisotopic (exact) mass is 355 g/mol. The fraction of sp³-hybridized carbons (Fsp3) is 0.130. The molecule has 1 amide bonds. The van der Waals surface area contributed by atoms with Crippen molar-refractivity contribution >= 4 is 16.8 Å². The highest BCUT2D eigenvalue weighted by molar-refractivity contribution is 5.89. The lowest BCUT2D eigenvalue weighted by atomic mass is 10.1. The van der Waals surface area contributed by atoms with Gasteiger partial charge in [0.05, 0.1) is 11.7 Å². The molecule has 2 aromatic heterocycles. The summed E-state index contributed by atoms with van der Waals surface area (Å²) >= 11 is 0. The standard InChI is InChI=1S/C23H21N3O/c1-17(20-12-7-8-14-24-20)25-23(27)16-26-21-13-6-5-11-19(21)15-22(26)18-9-3-2-4-10-18/h2-15,17H,16H2,1H3,(H,25,27)/t17-/m0/s1. The highest BCUT2D eigenvalue weighted by Gasteiger charge is 2.15. The zero-order chi connectivity index (χ0) is 18.6. The second kappa shape index (κ2) is 7.46. The molecule has 0 radical (unpaired) electrons. The van der Waals surface area contributed by atoms with Crippen molar-refractivity contribution < 1.29 is 4.79 Å². The lowest BCUT2D eigenvalue weighted by Crippen LogP contribution is -2.30. The molecule has 1 N–H and O–H groups in total. The van der Waals surface area contributed by atoms with Crippen molar-refractivity contribution in [1.29, 1.82) is 0 Å². The van der Waals surface area contributed by atoms with Crippen molar-refractivity contribution in [3.05, 3.63) is 90.8 Å². The van der Waals surface area contributed by atoms with Gasteiger partial charge in [0.1, 0.15) is 6.54 Å². The molecule has 0 saturated heterocycles. The highest BCUT2D eigenvalue weighted by atomic mass is 16.2. The van der Waals surface area contributed by atoms with Crippen molar-refractivity contribution in [2.75, 3.05) is 0 Å². The predicted octanol–water partition coefficient (Wildman–Crippen LogP) is 4.58. The molecule has 2 aromatic carbocycles. The number of hydrogen-bond donors (Lipinski definition) is 1. The van der Waals surface area contributed by atoms with Crippen LogP contribution < -0.4 is 5.32 Å². The van der Waals surface area contributed by atoms with Crippen LogP contribution in [0.2, 0.25) is 0 Å². The number of aromatic nitrogens is 2. The number of fused-ring (bicyclic) bond motifs is 1. The SMILES string of the molecule is C[C@H](NC(=O)Cn1c(-c2ccccc2)cc2ccccc21)c1ccccn1. The first kappa shape index (κ1) is 17.0. The van der Waals surface area contributed by atoms with Crippen LogP contribution in [0.3, 0.4) is 0 Å². The average Bonchev–Trinajstić information content (AvgIpc) is 3.08. The van der Waals surface area contributed by atoms with Crippen LogP contribution in [-0.4, -0.2) is 15.5 Å². The van der Waals surface area contributed by atoms with Crippen LogP contribution in [0, 0.1) is 0 Å². The Morgan fingerprint density at radius 3 is 2.52 bits per heavy atom. The number of carbonyl (C=O) groups is 1. The van der Waals surface area contributed by atoms with Crippen molar-refractivity contribution in [2.24, 2.45) is 0 Å². The number of rotatable bonds is 5. The minimum absolute atomic E-state index is 0.0355. The topological polar surface area (TPSA) is 46.9 Å². The molecule has 1 atom stereocenters. The summed E-state index contributed by atoms with van der Waals surface area (Å²) in [6.07, 6.45) is 1.74. The summed E-state index contributed by atoms with van der Waals surface area (Å²) < 4.78 is 2.07. The second-order valence-corrected chi connectivity index (χ2v) is 6.58. The fourth-order valence-electron chi connectivity index (χ4n) is 3.37. The summed E-state index contributed by atoms with van der Waals surface area (Å²) in [6.45, 7) is 2.21. The van der Waals surface area contributed by atoms with Crippen LogP contribution in [0.5, 0.6) is 0 Å². The number of nitrogens with zero attached hydrogens (tertiary/aromatic N) is 2. The van der Waals surface area contributed by atoms with Gasteiger partial charge >= 0.3 is 0 Å². The minimum atomic E-state index is -0.138. The summed E-state index contributed by atoms with van der Waals surface area (Å²) in [5, 5.41) is 4.18. The largest absolute Gasteiger partial charge is 0.346 e. The molecule has 4 rings (SSSR count). The van der Waals surface area contributed by atoms with E-state index in [-0.39, 0.29) is 18.5 Å².